The van der Waals surface area contributed by atoms with Gasteiger partial charge in [-0.05, 0) is 19.8 Å². The van der Waals surface area contributed by atoms with Crippen LogP contribution in [0.5, 0.6) is 0 Å². The van der Waals surface area contributed by atoms with Crippen molar-refractivity contribution in [2.75, 3.05) is 13.9 Å². The molecule has 2 heteroatoms. The van der Waals surface area contributed by atoms with Crippen molar-refractivity contribution < 1.29 is 9.47 Å². The quantitative estimate of drug-likeness (QED) is 0.453. The molecule has 2 rings (SSSR count). The molecule has 0 unspecified atom stereocenters. The van der Waals surface area contributed by atoms with Gasteiger partial charge in [0.2, 0.25) is 0 Å². The lowest BCUT2D eigenvalue weighted by molar-refractivity contribution is -0.104. The van der Waals surface area contributed by atoms with Crippen LogP contribution >= 0.6 is 0 Å². The second-order valence-corrected chi connectivity index (χ2v) is 3.66. The van der Waals surface area contributed by atoms with Crippen molar-refractivity contribution in [2.45, 2.75) is 25.4 Å². The summed E-state index contributed by atoms with van der Waals surface area (Å²) >= 11 is 0. The normalized spacial score (nSPS) is 28.5. The summed E-state index contributed by atoms with van der Waals surface area (Å²) in [5.41, 5.74) is 0.370. The molecule has 0 spiro atoms. The summed E-state index contributed by atoms with van der Waals surface area (Å²) in [4.78, 5) is 0. The van der Waals surface area contributed by atoms with E-state index in [1.165, 1.54) is 12.8 Å². The molecule has 0 aliphatic heterocycles. The van der Waals surface area contributed by atoms with Crippen LogP contribution in [0.3, 0.4) is 0 Å². The van der Waals surface area contributed by atoms with E-state index in [9.17, 15) is 0 Å². The lowest BCUT2D eigenvalue weighted by Crippen LogP contribution is -2.27. The minimum Gasteiger partial charge on any atom is -0.359 e. The van der Waals surface area contributed by atoms with Gasteiger partial charge in [0.25, 0.3) is 0 Å². The van der Waals surface area contributed by atoms with E-state index in [0.717, 1.165) is 0 Å². The van der Waals surface area contributed by atoms with Gasteiger partial charge in [0.05, 0.1) is 5.60 Å². The van der Waals surface area contributed by atoms with Crippen molar-refractivity contribution in [1.82, 2.24) is 0 Å². The maximum absolute atomic E-state index is 5.63. The molecule has 11 heavy (non-hydrogen) atoms. The van der Waals surface area contributed by atoms with Gasteiger partial charge in [0.1, 0.15) is 6.79 Å². The van der Waals surface area contributed by atoms with Gasteiger partial charge in [0.15, 0.2) is 0 Å². The third-order valence-corrected chi connectivity index (χ3v) is 2.81. The lowest BCUT2D eigenvalue weighted by atomic mass is 9.97. The summed E-state index contributed by atoms with van der Waals surface area (Å²) in [6.45, 7) is 2.65. The van der Waals surface area contributed by atoms with E-state index in [1.54, 1.807) is 7.11 Å². The zero-order valence-corrected chi connectivity index (χ0v) is 7.09. The van der Waals surface area contributed by atoms with Crippen LogP contribution in [0.4, 0.5) is 0 Å². The Morgan fingerprint density at radius 1 is 1.36 bits per heavy atom. The molecule has 0 saturated heterocycles. The summed E-state index contributed by atoms with van der Waals surface area (Å²) in [6, 6.07) is 0. The first-order valence-electron chi connectivity index (χ1n) is 4.06. The highest BCUT2D eigenvalue weighted by atomic mass is 16.7. The predicted octanol–water partition coefficient (Wildman–Crippen LogP) is 1.72. The van der Waals surface area contributed by atoms with Crippen molar-refractivity contribution in [3.63, 3.8) is 0 Å². The highest BCUT2D eigenvalue weighted by Crippen LogP contribution is 2.60. The molecule has 0 bridgehead atoms. The fourth-order valence-corrected chi connectivity index (χ4v) is 1.55. The topological polar surface area (TPSA) is 18.5 Å². The van der Waals surface area contributed by atoms with Crippen LogP contribution in [0.1, 0.15) is 19.8 Å². The molecule has 2 nitrogen and oxygen atoms in total. The molecular weight excluding hydrogens is 140 g/mol. The molecule has 2 aliphatic rings. The molecule has 0 aromatic heterocycles. The first-order chi connectivity index (χ1) is 5.22. The Morgan fingerprint density at radius 2 is 2.00 bits per heavy atom. The second-order valence-electron chi connectivity index (χ2n) is 3.66. The Bertz CT molecular complexity index is 186. The Hall–Kier alpha value is -0.340. The van der Waals surface area contributed by atoms with E-state index in [4.69, 9.17) is 9.47 Å². The third kappa shape index (κ3) is 1.01. The van der Waals surface area contributed by atoms with Gasteiger partial charge < -0.3 is 9.47 Å². The smallest absolute Gasteiger partial charge is 0.147 e. The Morgan fingerprint density at radius 3 is 2.36 bits per heavy atom. The molecule has 0 atom stereocenters. The highest BCUT2D eigenvalue weighted by molar-refractivity contribution is 5.35. The molecule has 0 radical (unpaired) electrons. The minimum absolute atomic E-state index is 0.114. The van der Waals surface area contributed by atoms with Gasteiger partial charge in [-0.3, -0.25) is 0 Å². The van der Waals surface area contributed by atoms with Crippen LogP contribution in [0.15, 0.2) is 12.2 Å². The van der Waals surface area contributed by atoms with E-state index in [2.05, 4.69) is 19.1 Å². The Balaban J connectivity index is 1.90. The van der Waals surface area contributed by atoms with Crippen molar-refractivity contribution in [2.24, 2.45) is 5.41 Å². The standard InChI is InChI=1S/C9H14O2/c1-8(3-4-8)9(5-6-9)11-7-10-2/h3-4H,5-7H2,1-2H3. The first kappa shape index (κ1) is 7.32. The van der Waals surface area contributed by atoms with Gasteiger partial charge in [-0.2, -0.15) is 0 Å². The van der Waals surface area contributed by atoms with Crippen molar-refractivity contribution in [3.8, 4) is 0 Å². The SMILES string of the molecule is COCOC1(C2(C)C=C2)CC1. The van der Waals surface area contributed by atoms with Crippen LogP contribution in [0.25, 0.3) is 0 Å². The van der Waals surface area contributed by atoms with Crippen LogP contribution < -0.4 is 0 Å². The summed E-state index contributed by atoms with van der Waals surface area (Å²) < 4.78 is 10.5. The first-order valence-corrected chi connectivity index (χ1v) is 4.06. The number of hydrogen-bond donors (Lipinski definition) is 0. The maximum atomic E-state index is 5.63. The molecule has 0 N–H and O–H groups in total. The van der Waals surface area contributed by atoms with Crippen molar-refractivity contribution in [3.05, 3.63) is 12.2 Å². The summed E-state index contributed by atoms with van der Waals surface area (Å²) in [5.74, 6) is 0. The summed E-state index contributed by atoms with van der Waals surface area (Å²) in [6.07, 6.45) is 6.80. The molecule has 1 fully saturated rings. The van der Waals surface area contributed by atoms with Crippen LogP contribution in [0, 0.1) is 5.41 Å². The van der Waals surface area contributed by atoms with Gasteiger partial charge in [0, 0.05) is 12.5 Å². The third-order valence-electron chi connectivity index (χ3n) is 2.81. The van der Waals surface area contributed by atoms with Crippen LogP contribution in [-0.4, -0.2) is 19.5 Å². The largest absolute Gasteiger partial charge is 0.359 e. The molecular formula is C9H14O2. The zero-order valence-electron chi connectivity index (χ0n) is 7.09. The molecule has 0 heterocycles. The monoisotopic (exact) mass is 154 g/mol. The highest BCUT2D eigenvalue weighted by Gasteiger charge is 2.60. The van der Waals surface area contributed by atoms with Gasteiger partial charge in [-0.1, -0.05) is 12.2 Å². The average molecular weight is 154 g/mol. The van der Waals surface area contributed by atoms with Crippen LogP contribution in [0.2, 0.25) is 0 Å². The van der Waals surface area contributed by atoms with E-state index in [0.29, 0.717) is 6.79 Å². The predicted molar refractivity (Wildman–Crippen MR) is 42.2 cm³/mol. The van der Waals surface area contributed by atoms with Crippen molar-refractivity contribution >= 4 is 0 Å². The summed E-state index contributed by atoms with van der Waals surface area (Å²) in [7, 11) is 1.67. The Kier molecular flexibility index (Phi) is 1.38. The number of hydrogen-bond acceptors (Lipinski definition) is 2. The molecule has 62 valence electrons. The second kappa shape index (κ2) is 2.08. The fraction of sp³-hybridized carbons (Fsp3) is 0.778. The van der Waals surface area contributed by atoms with Crippen LogP contribution in [-0.2, 0) is 9.47 Å². The lowest BCUT2D eigenvalue weighted by Gasteiger charge is -2.23. The van der Waals surface area contributed by atoms with Gasteiger partial charge in [-0.25, -0.2) is 0 Å². The maximum Gasteiger partial charge on any atom is 0.147 e. The number of ether oxygens (including phenoxy) is 2. The van der Waals surface area contributed by atoms with E-state index >= 15 is 0 Å². The number of methoxy groups -OCH3 is 1. The van der Waals surface area contributed by atoms with Gasteiger partial charge in [-0.15, -0.1) is 0 Å². The fourth-order valence-electron chi connectivity index (χ4n) is 1.55. The zero-order chi connectivity index (χ0) is 7.95. The van der Waals surface area contributed by atoms with E-state index in [-0.39, 0.29) is 11.0 Å². The van der Waals surface area contributed by atoms with E-state index in [1.807, 2.05) is 0 Å². The van der Waals surface area contributed by atoms with Crippen molar-refractivity contribution in [1.29, 1.82) is 0 Å². The molecule has 1 saturated carbocycles. The molecule has 0 aromatic carbocycles. The average Bonchev–Trinajstić information content (AvgIpc) is 2.81. The minimum atomic E-state index is 0.114. The molecule has 2 aliphatic carbocycles. The molecule has 0 amide bonds. The summed E-state index contributed by atoms with van der Waals surface area (Å²) in [5, 5.41) is 0. The van der Waals surface area contributed by atoms with E-state index < -0.39 is 0 Å². The Labute approximate surface area is 67.2 Å². The number of rotatable bonds is 4. The molecule has 0 aromatic rings. The van der Waals surface area contributed by atoms with Gasteiger partial charge >= 0.3 is 0 Å².